The van der Waals surface area contributed by atoms with E-state index in [9.17, 15) is 13.5 Å². The van der Waals surface area contributed by atoms with Gasteiger partial charge in [-0.3, -0.25) is 0 Å². The summed E-state index contributed by atoms with van der Waals surface area (Å²) < 4.78 is 31.4. The van der Waals surface area contributed by atoms with Gasteiger partial charge in [0.2, 0.25) is 10.0 Å². The van der Waals surface area contributed by atoms with Crippen LogP contribution in [0.2, 0.25) is 0 Å². The SMILES string of the molecule is COCC(O)CCNS(=O)(=O)c1ccc(C)cc1C. The van der Waals surface area contributed by atoms with E-state index in [-0.39, 0.29) is 18.0 Å². The highest BCUT2D eigenvalue weighted by atomic mass is 32.2. The van der Waals surface area contributed by atoms with Crippen molar-refractivity contribution in [2.24, 2.45) is 0 Å². The molecule has 0 spiro atoms. The van der Waals surface area contributed by atoms with Gasteiger partial charge in [-0.15, -0.1) is 0 Å². The van der Waals surface area contributed by atoms with Crippen LogP contribution in [0, 0.1) is 13.8 Å². The molecule has 1 aromatic carbocycles. The number of aliphatic hydroxyl groups excluding tert-OH is 1. The summed E-state index contributed by atoms with van der Waals surface area (Å²) in [6, 6.07) is 5.19. The number of aryl methyl sites for hydroxylation is 2. The van der Waals surface area contributed by atoms with Gasteiger partial charge in [-0.2, -0.15) is 0 Å². The molecule has 0 aliphatic carbocycles. The molecule has 1 atom stereocenters. The van der Waals surface area contributed by atoms with Crippen LogP contribution in [0.15, 0.2) is 23.1 Å². The summed E-state index contributed by atoms with van der Waals surface area (Å²) in [5, 5.41) is 9.45. The summed E-state index contributed by atoms with van der Waals surface area (Å²) >= 11 is 0. The Morgan fingerprint density at radius 3 is 2.63 bits per heavy atom. The lowest BCUT2D eigenvalue weighted by Crippen LogP contribution is -2.29. The minimum absolute atomic E-state index is 0.181. The molecule has 1 aromatic rings. The standard InChI is InChI=1S/C13H21NO4S/c1-10-4-5-13(11(2)8-10)19(16,17)14-7-6-12(15)9-18-3/h4-5,8,12,14-15H,6-7,9H2,1-3H3. The summed E-state index contributed by atoms with van der Waals surface area (Å²) in [6.07, 6.45) is -0.343. The van der Waals surface area contributed by atoms with Crippen molar-refractivity contribution >= 4 is 10.0 Å². The molecule has 0 amide bonds. The number of benzene rings is 1. The van der Waals surface area contributed by atoms with Gasteiger partial charge in [0.15, 0.2) is 0 Å². The van der Waals surface area contributed by atoms with Crippen molar-refractivity contribution in [1.29, 1.82) is 0 Å². The van der Waals surface area contributed by atoms with E-state index in [0.29, 0.717) is 12.0 Å². The number of hydrogen-bond donors (Lipinski definition) is 2. The largest absolute Gasteiger partial charge is 0.391 e. The lowest BCUT2D eigenvalue weighted by Gasteiger charge is -2.12. The number of aliphatic hydroxyl groups is 1. The predicted molar refractivity (Wildman–Crippen MR) is 73.6 cm³/mol. The van der Waals surface area contributed by atoms with Gasteiger partial charge in [0.1, 0.15) is 0 Å². The molecule has 1 unspecified atom stereocenters. The molecule has 0 fully saturated rings. The van der Waals surface area contributed by atoms with Crippen LogP contribution in [0.4, 0.5) is 0 Å². The van der Waals surface area contributed by atoms with Gasteiger partial charge in [-0.1, -0.05) is 17.7 Å². The van der Waals surface area contributed by atoms with Crippen molar-refractivity contribution in [3.05, 3.63) is 29.3 Å². The second-order valence-electron chi connectivity index (χ2n) is 4.56. The molecule has 0 aliphatic heterocycles. The van der Waals surface area contributed by atoms with Gasteiger partial charge in [-0.25, -0.2) is 13.1 Å². The first kappa shape index (κ1) is 16.1. The number of sulfonamides is 1. The molecule has 0 heterocycles. The maximum atomic E-state index is 12.1. The second kappa shape index (κ2) is 7.00. The highest BCUT2D eigenvalue weighted by molar-refractivity contribution is 7.89. The van der Waals surface area contributed by atoms with E-state index in [4.69, 9.17) is 4.74 Å². The summed E-state index contributed by atoms with van der Waals surface area (Å²) in [5.74, 6) is 0. The van der Waals surface area contributed by atoms with E-state index < -0.39 is 16.1 Å². The van der Waals surface area contributed by atoms with E-state index in [1.807, 2.05) is 13.0 Å². The summed E-state index contributed by atoms with van der Waals surface area (Å²) in [6.45, 7) is 4.06. The van der Waals surface area contributed by atoms with Gasteiger partial charge < -0.3 is 9.84 Å². The first-order chi connectivity index (χ1) is 8.86. The van der Waals surface area contributed by atoms with Crippen LogP contribution in [-0.4, -0.2) is 39.9 Å². The maximum absolute atomic E-state index is 12.1. The predicted octanol–water partition coefficient (Wildman–Crippen LogP) is 0.979. The molecule has 108 valence electrons. The van der Waals surface area contributed by atoms with Crippen molar-refractivity contribution in [3.63, 3.8) is 0 Å². The quantitative estimate of drug-likeness (QED) is 0.784. The van der Waals surface area contributed by atoms with Crippen molar-refractivity contribution in [2.45, 2.75) is 31.3 Å². The Morgan fingerprint density at radius 2 is 2.05 bits per heavy atom. The number of ether oxygens (including phenoxy) is 1. The molecule has 0 aromatic heterocycles. The van der Waals surface area contributed by atoms with Crippen LogP contribution < -0.4 is 4.72 Å². The third-order valence-corrected chi connectivity index (χ3v) is 4.37. The Labute approximate surface area is 114 Å². The normalized spacial score (nSPS) is 13.5. The summed E-state index contributed by atoms with van der Waals surface area (Å²) in [4.78, 5) is 0.277. The van der Waals surface area contributed by atoms with Gasteiger partial charge in [0.05, 0.1) is 17.6 Å². The number of nitrogens with one attached hydrogen (secondary N) is 1. The monoisotopic (exact) mass is 287 g/mol. The van der Waals surface area contributed by atoms with Crippen LogP contribution in [0.25, 0.3) is 0 Å². The smallest absolute Gasteiger partial charge is 0.240 e. The van der Waals surface area contributed by atoms with Crippen LogP contribution in [0.3, 0.4) is 0 Å². The topological polar surface area (TPSA) is 75.6 Å². The third-order valence-electron chi connectivity index (χ3n) is 2.75. The molecular formula is C13H21NO4S. The number of rotatable bonds is 7. The zero-order valence-corrected chi connectivity index (χ0v) is 12.3. The zero-order valence-electron chi connectivity index (χ0n) is 11.5. The molecule has 0 bridgehead atoms. The van der Waals surface area contributed by atoms with Crippen molar-refractivity contribution in [3.8, 4) is 0 Å². The van der Waals surface area contributed by atoms with Crippen LogP contribution >= 0.6 is 0 Å². The van der Waals surface area contributed by atoms with Crippen molar-refractivity contribution in [2.75, 3.05) is 20.3 Å². The molecule has 0 saturated heterocycles. The average Bonchev–Trinajstić information content (AvgIpc) is 2.28. The van der Waals surface area contributed by atoms with Crippen LogP contribution in [-0.2, 0) is 14.8 Å². The Morgan fingerprint density at radius 1 is 1.37 bits per heavy atom. The lowest BCUT2D eigenvalue weighted by molar-refractivity contribution is 0.0603. The maximum Gasteiger partial charge on any atom is 0.240 e. The molecule has 19 heavy (non-hydrogen) atoms. The Kier molecular flexibility index (Phi) is 5.93. The van der Waals surface area contributed by atoms with E-state index in [1.165, 1.54) is 7.11 Å². The third kappa shape index (κ3) is 4.91. The van der Waals surface area contributed by atoms with Crippen LogP contribution in [0.5, 0.6) is 0 Å². The average molecular weight is 287 g/mol. The minimum Gasteiger partial charge on any atom is -0.391 e. The Hall–Kier alpha value is -0.950. The van der Waals surface area contributed by atoms with Gasteiger partial charge in [0.25, 0.3) is 0 Å². The molecule has 1 rings (SSSR count). The highest BCUT2D eigenvalue weighted by Gasteiger charge is 2.16. The summed E-state index contributed by atoms with van der Waals surface area (Å²) in [5.41, 5.74) is 1.73. The van der Waals surface area contributed by atoms with Gasteiger partial charge in [0, 0.05) is 13.7 Å². The Bertz CT molecular complexity index is 513. The molecule has 0 radical (unpaired) electrons. The van der Waals surface area contributed by atoms with Crippen molar-refractivity contribution < 1.29 is 18.3 Å². The lowest BCUT2D eigenvalue weighted by atomic mass is 10.2. The minimum atomic E-state index is -3.52. The fourth-order valence-corrected chi connectivity index (χ4v) is 3.09. The molecule has 2 N–H and O–H groups in total. The first-order valence-electron chi connectivity index (χ1n) is 6.10. The first-order valence-corrected chi connectivity index (χ1v) is 7.59. The zero-order chi connectivity index (χ0) is 14.5. The second-order valence-corrected chi connectivity index (χ2v) is 6.30. The fraction of sp³-hybridized carbons (Fsp3) is 0.538. The molecule has 5 nitrogen and oxygen atoms in total. The van der Waals surface area contributed by atoms with E-state index in [2.05, 4.69) is 4.72 Å². The van der Waals surface area contributed by atoms with Gasteiger partial charge >= 0.3 is 0 Å². The molecule has 6 heteroatoms. The van der Waals surface area contributed by atoms with Crippen LogP contribution in [0.1, 0.15) is 17.5 Å². The number of hydrogen-bond acceptors (Lipinski definition) is 4. The molecular weight excluding hydrogens is 266 g/mol. The van der Waals surface area contributed by atoms with Gasteiger partial charge in [-0.05, 0) is 31.9 Å². The van der Waals surface area contributed by atoms with E-state index >= 15 is 0 Å². The van der Waals surface area contributed by atoms with E-state index in [0.717, 1.165) is 5.56 Å². The summed E-state index contributed by atoms with van der Waals surface area (Å²) in [7, 11) is -2.03. The van der Waals surface area contributed by atoms with E-state index in [1.54, 1.807) is 19.1 Å². The highest BCUT2D eigenvalue weighted by Crippen LogP contribution is 2.16. The fourth-order valence-electron chi connectivity index (χ4n) is 1.81. The van der Waals surface area contributed by atoms with Crippen molar-refractivity contribution in [1.82, 2.24) is 4.72 Å². The molecule has 0 saturated carbocycles. The number of methoxy groups -OCH3 is 1. The molecule has 0 aliphatic rings. The Balaban J connectivity index is 2.66.